The average Bonchev–Trinajstić information content (AvgIpc) is 2.67. The summed E-state index contributed by atoms with van der Waals surface area (Å²) in [5, 5.41) is 0. The van der Waals surface area contributed by atoms with Gasteiger partial charge in [-0.05, 0) is 48.4 Å². The zero-order valence-corrected chi connectivity index (χ0v) is 17.5. The highest BCUT2D eigenvalue weighted by Gasteiger charge is 2.39. The van der Waals surface area contributed by atoms with Gasteiger partial charge in [-0.15, -0.1) is 0 Å². The molecule has 26 heavy (non-hydrogen) atoms. The van der Waals surface area contributed by atoms with Gasteiger partial charge in [-0.3, -0.25) is 9.59 Å². The number of ketones is 2. The van der Waals surface area contributed by atoms with Crippen LogP contribution in [0.4, 0.5) is 0 Å². The van der Waals surface area contributed by atoms with E-state index < -0.39 is 5.41 Å². The van der Waals surface area contributed by atoms with E-state index in [1.807, 2.05) is 20.8 Å². The van der Waals surface area contributed by atoms with Crippen LogP contribution in [0.3, 0.4) is 0 Å². The quantitative estimate of drug-likeness (QED) is 0.746. The number of ether oxygens (including phenoxy) is 1. The van der Waals surface area contributed by atoms with Crippen molar-refractivity contribution in [1.29, 1.82) is 0 Å². The first-order valence-electron chi connectivity index (χ1n) is 9.30. The standard InChI is InChI=1S/C23H32O3/c1-14-9-15(2)20(16(3)10-14)21-17(23(7,8)11-18(21)24)12-26-13-19(25)22(4,5)6/h9-10H,11-13H2,1-8H3. The van der Waals surface area contributed by atoms with Gasteiger partial charge >= 0.3 is 0 Å². The molecule has 0 fully saturated rings. The summed E-state index contributed by atoms with van der Waals surface area (Å²) >= 11 is 0. The normalized spacial score (nSPS) is 17.2. The molecule has 0 aromatic heterocycles. The van der Waals surface area contributed by atoms with E-state index in [0.29, 0.717) is 13.0 Å². The Hall–Kier alpha value is -1.74. The number of hydrogen-bond acceptors (Lipinski definition) is 3. The molecule has 0 bridgehead atoms. The second kappa shape index (κ2) is 7.11. The van der Waals surface area contributed by atoms with Crippen molar-refractivity contribution in [1.82, 2.24) is 0 Å². The first kappa shape index (κ1) is 20.6. The number of Topliss-reactive ketones (excluding diaryl/α,β-unsaturated/α-hetero) is 2. The molecular weight excluding hydrogens is 324 g/mol. The Morgan fingerprint density at radius 1 is 1.12 bits per heavy atom. The molecule has 2 rings (SSSR count). The van der Waals surface area contributed by atoms with Crippen LogP contribution in [-0.2, 0) is 14.3 Å². The molecule has 0 N–H and O–H groups in total. The largest absolute Gasteiger partial charge is 0.369 e. The van der Waals surface area contributed by atoms with Gasteiger partial charge in [0.15, 0.2) is 11.6 Å². The van der Waals surface area contributed by atoms with Gasteiger partial charge in [0, 0.05) is 17.4 Å². The molecule has 0 radical (unpaired) electrons. The monoisotopic (exact) mass is 356 g/mol. The third-order valence-electron chi connectivity index (χ3n) is 5.24. The maximum absolute atomic E-state index is 12.9. The highest BCUT2D eigenvalue weighted by molar-refractivity contribution is 6.25. The summed E-state index contributed by atoms with van der Waals surface area (Å²) < 4.78 is 5.79. The molecule has 1 aromatic rings. The molecule has 142 valence electrons. The van der Waals surface area contributed by atoms with Gasteiger partial charge in [0.2, 0.25) is 0 Å². The zero-order valence-electron chi connectivity index (χ0n) is 17.5. The van der Waals surface area contributed by atoms with Crippen LogP contribution in [0.2, 0.25) is 0 Å². The van der Waals surface area contributed by atoms with E-state index in [9.17, 15) is 9.59 Å². The number of hydrogen-bond donors (Lipinski definition) is 0. The molecule has 0 spiro atoms. The number of benzene rings is 1. The van der Waals surface area contributed by atoms with Crippen molar-refractivity contribution < 1.29 is 14.3 Å². The van der Waals surface area contributed by atoms with Crippen LogP contribution in [0.25, 0.3) is 5.57 Å². The van der Waals surface area contributed by atoms with Gasteiger partial charge in [-0.25, -0.2) is 0 Å². The zero-order chi connectivity index (χ0) is 19.9. The smallest absolute Gasteiger partial charge is 0.164 e. The van der Waals surface area contributed by atoms with Gasteiger partial charge in [0.25, 0.3) is 0 Å². The van der Waals surface area contributed by atoms with Crippen molar-refractivity contribution in [3.8, 4) is 0 Å². The molecule has 0 saturated carbocycles. The molecule has 0 amide bonds. The minimum absolute atomic E-state index is 0.0736. The fraction of sp³-hybridized carbons (Fsp3) is 0.565. The maximum atomic E-state index is 12.9. The fourth-order valence-corrected chi connectivity index (χ4v) is 3.70. The third kappa shape index (κ3) is 4.15. The average molecular weight is 357 g/mol. The summed E-state index contributed by atoms with van der Waals surface area (Å²) in [4.78, 5) is 25.0. The van der Waals surface area contributed by atoms with Gasteiger partial charge in [-0.2, -0.15) is 0 Å². The lowest BCUT2D eigenvalue weighted by molar-refractivity contribution is -0.130. The van der Waals surface area contributed by atoms with Crippen LogP contribution in [0.1, 0.15) is 63.3 Å². The van der Waals surface area contributed by atoms with Crippen LogP contribution in [-0.4, -0.2) is 24.8 Å². The molecule has 1 aliphatic carbocycles. The molecule has 0 aliphatic heterocycles. The molecule has 1 aliphatic rings. The Morgan fingerprint density at radius 2 is 1.65 bits per heavy atom. The summed E-state index contributed by atoms with van der Waals surface area (Å²) in [7, 11) is 0. The van der Waals surface area contributed by atoms with E-state index in [-0.39, 0.29) is 23.6 Å². The van der Waals surface area contributed by atoms with E-state index in [1.54, 1.807) is 0 Å². The van der Waals surface area contributed by atoms with Gasteiger partial charge in [0.1, 0.15) is 6.61 Å². The molecule has 3 heteroatoms. The minimum Gasteiger partial charge on any atom is -0.369 e. The van der Waals surface area contributed by atoms with Crippen molar-refractivity contribution >= 4 is 17.1 Å². The van der Waals surface area contributed by atoms with E-state index in [4.69, 9.17) is 4.74 Å². The van der Waals surface area contributed by atoms with Crippen LogP contribution in [0.15, 0.2) is 17.7 Å². The van der Waals surface area contributed by atoms with Crippen LogP contribution < -0.4 is 0 Å². The Kier molecular flexibility index (Phi) is 5.63. The summed E-state index contributed by atoms with van der Waals surface area (Å²) in [6, 6.07) is 4.24. The van der Waals surface area contributed by atoms with E-state index in [2.05, 4.69) is 46.8 Å². The first-order chi connectivity index (χ1) is 11.8. The van der Waals surface area contributed by atoms with Crippen molar-refractivity contribution in [2.24, 2.45) is 10.8 Å². The van der Waals surface area contributed by atoms with Crippen LogP contribution >= 0.6 is 0 Å². The molecule has 3 nitrogen and oxygen atoms in total. The lowest BCUT2D eigenvalue weighted by atomic mass is 9.84. The van der Waals surface area contributed by atoms with Gasteiger partial charge in [-0.1, -0.05) is 52.3 Å². The molecule has 1 aromatic carbocycles. The van der Waals surface area contributed by atoms with Crippen LogP contribution in [0, 0.1) is 31.6 Å². The van der Waals surface area contributed by atoms with Gasteiger partial charge in [0.05, 0.1) is 6.61 Å². The van der Waals surface area contributed by atoms with Crippen molar-refractivity contribution in [3.63, 3.8) is 0 Å². The summed E-state index contributed by atoms with van der Waals surface area (Å²) in [6.07, 6.45) is 0.487. The van der Waals surface area contributed by atoms with Crippen molar-refractivity contribution in [2.45, 2.75) is 61.8 Å². The number of aryl methyl sites for hydroxylation is 3. The lowest BCUT2D eigenvalue weighted by Crippen LogP contribution is -2.26. The van der Waals surface area contributed by atoms with Crippen LogP contribution in [0.5, 0.6) is 0 Å². The highest BCUT2D eigenvalue weighted by atomic mass is 16.5. The second-order valence-electron chi connectivity index (χ2n) is 9.28. The van der Waals surface area contributed by atoms with E-state index in [0.717, 1.165) is 27.8 Å². The molecule has 0 saturated heterocycles. The lowest BCUT2D eigenvalue weighted by Gasteiger charge is -2.23. The fourth-order valence-electron chi connectivity index (χ4n) is 3.70. The van der Waals surface area contributed by atoms with E-state index in [1.165, 1.54) is 5.56 Å². The molecule has 0 heterocycles. The Morgan fingerprint density at radius 3 is 2.15 bits per heavy atom. The van der Waals surface area contributed by atoms with Crippen molar-refractivity contribution in [3.05, 3.63) is 40.0 Å². The predicted octanol–water partition coefficient (Wildman–Crippen LogP) is 5.00. The third-order valence-corrected chi connectivity index (χ3v) is 5.24. The Bertz CT molecular complexity index is 750. The number of carbonyl (C=O) groups excluding carboxylic acids is 2. The predicted molar refractivity (Wildman–Crippen MR) is 106 cm³/mol. The number of allylic oxidation sites excluding steroid dienone is 1. The Labute approximate surface area is 157 Å². The summed E-state index contributed by atoms with van der Waals surface area (Å²) in [6.45, 7) is 16.4. The topological polar surface area (TPSA) is 43.4 Å². The molecular formula is C23H32O3. The molecule has 0 unspecified atom stereocenters. The SMILES string of the molecule is Cc1cc(C)c(C2=C(COCC(=O)C(C)(C)C)C(C)(C)CC2=O)c(C)c1. The summed E-state index contributed by atoms with van der Waals surface area (Å²) in [5.41, 5.74) is 5.62. The highest BCUT2D eigenvalue weighted by Crippen LogP contribution is 2.45. The Balaban J connectivity index is 2.41. The second-order valence-corrected chi connectivity index (χ2v) is 9.28. The van der Waals surface area contributed by atoms with Crippen molar-refractivity contribution in [2.75, 3.05) is 13.2 Å². The first-order valence-corrected chi connectivity index (χ1v) is 9.30. The molecule has 0 atom stereocenters. The van der Waals surface area contributed by atoms with Gasteiger partial charge < -0.3 is 4.74 Å². The van der Waals surface area contributed by atoms with E-state index >= 15 is 0 Å². The minimum atomic E-state index is -0.414. The number of rotatable bonds is 5. The number of carbonyl (C=O) groups is 2. The summed E-state index contributed by atoms with van der Waals surface area (Å²) in [5.74, 6) is 0.246. The maximum Gasteiger partial charge on any atom is 0.164 e.